The Morgan fingerprint density at radius 2 is 1.96 bits per heavy atom. The van der Waals surface area contributed by atoms with E-state index in [2.05, 4.69) is 16.4 Å². The number of nitrogens with zero attached hydrogens (tertiary/aromatic N) is 2. The van der Waals surface area contributed by atoms with Crippen molar-refractivity contribution in [2.45, 2.75) is 19.4 Å². The van der Waals surface area contributed by atoms with Crippen molar-refractivity contribution in [1.29, 1.82) is 0 Å². The summed E-state index contributed by atoms with van der Waals surface area (Å²) in [5, 5.41) is 3.85. The van der Waals surface area contributed by atoms with E-state index in [-0.39, 0.29) is 24.3 Å². The second kappa shape index (κ2) is 8.38. The Morgan fingerprint density at radius 1 is 1.23 bits per heavy atom. The van der Waals surface area contributed by atoms with Crippen molar-refractivity contribution >= 4 is 27.5 Å². The predicted octanol–water partition coefficient (Wildman–Crippen LogP) is 3.79. The lowest BCUT2D eigenvalue weighted by atomic mass is 10.1. The quantitative estimate of drug-likeness (QED) is 0.687. The summed E-state index contributed by atoms with van der Waals surface area (Å²) in [5.41, 5.74) is 1.60. The van der Waals surface area contributed by atoms with Gasteiger partial charge in [0.05, 0.1) is 22.8 Å². The van der Waals surface area contributed by atoms with E-state index in [1.807, 2.05) is 37.1 Å². The number of amides is 1. The van der Waals surface area contributed by atoms with E-state index in [9.17, 15) is 9.18 Å². The molecule has 1 heterocycles. The van der Waals surface area contributed by atoms with Gasteiger partial charge in [-0.3, -0.25) is 9.69 Å². The second-order valence-electron chi connectivity index (χ2n) is 6.30. The fourth-order valence-electron chi connectivity index (χ4n) is 2.71. The maximum Gasteiger partial charge on any atom is 0.234 e. The molecule has 136 valence electrons. The number of rotatable bonds is 7. The molecule has 0 bridgehead atoms. The number of para-hydroxylation sites is 1. The van der Waals surface area contributed by atoms with E-state index in [0.717, 1.165) is 15.2 Å². The van der Waals surface area contributed by atoms with Gasteiger partial charge in [-0.25, -0.2) is 9.37 Å². The third-order valence-electron chi connectivity index (χ3n) is 4.40. The van der Waals surface area contributed by atoms with E-state index in [4.69, 9.17) is 0 Å². The second-order valence-corrected chi connectivity index (χ2v) is 7.36. The van der Waals surface area contributed by atoms with Crippen LogP contribution in [0.1, 0.15) is 23.5 Å². The monoisotopic (exact) mass is 371 g/mol. The first kappa shape index (κ1) is 18.5. The molecule has 0 radical (unpaired) electrons. The van der Waals surface area contributed by atoms with Crippen molar-refractivity contribution < 1.29 is 9.18 Å². The van der Waals surface area contributed by atoms with Gasteiger partial charge in [-0.15, -0.1) is 11.3 Å². The van der Waals surface area contributed by atoms with E-state index < -0.39 is 0 Å². The Kier molecular flexibility index (Phi) is 5.96. The number of nitrogens with one attached hydrogen (secondary N) is 1. The number of benzene rings is 2. The summed E-state index contributed by atoms with van der Waals surface area (Å²) in [6.45, 7) is 2.74. The number of thiazole rings is 1. The predicted molar refractivity (Wildman–Crippen MR) is 104 cm³/mol. The number of likely N-dealkylation sites (N-methyl/N-ethyl adjacent to an activating group) is 1. The van der Waals surface area contributed by atoms with Crippen LogP contribution in [0.2, 0.25) is 0 Å². The van der Waals surface area contributed by atoms with Gasteiger partial charge in [0.25, 0.3) is 0 Å². The first-order valence-corrected chi connectivity index (χ1v) is 9.42. The molecule has 26 heavy (non-hydrogen) atoms. The number of fused-ring (bicyclic) bond motifs is 1. The molecule has 0 aliphatic heterocycles. The van der Waals surface area contributed by atoms with Gasteiger partial charge in [0, 0.05) is 6.54 Å². The van der Waals surface area contributed by atoms with Gasteiger partial charge < -0.3 is 5.32 Å². The summed E-state index contributed by atoms with van der Waals surface area (Å²) in [6.07, 6.45) is 0.482. The minimum absolute atomic E-state index is 0.0460. The number of carbonyl (C=O) groups excluding carboxylic acids is 1. The molecule has 0 unspecified atom stereocenters. The van der Waals surface area contributed by atoms with Gasteiger partial charge >= 0.3 is 0 Å². The minimum Gasteiger partial charge on any atom is -0.355 e. The Hall–Kier alpha value is -2.31. The summed E-state index contributed by atoms with van der Waals surface area (Å²) >= 11 is 1.65. The number of hydrogen-bond acceptors (Lipinski definition) is 4. The molecular weight excluding hydrogens is 349 g/mol. The van der Waals surface area contributed by atoms with Crippen LogP contribution in [0, 0.1) is 5.82 Å². The maximum atomic E-state index is 13.6. The highest BCUT2D eigenvalue weighted by Crippen LogP contribution is 2.28. The highest BCUT2D eigenvalue weighted by molar-refractivity contribution is 7.18. The maximum absolute atomic E-state index is 13.6. The lowest BCUT2D eigenvalue weighted by Gasteiger charge is -2.22. The van der Waals surface area contributed by atoms with Crippen molar-refractivity contribution in [3.63, 3.8) is 0 Å². The van der Waals surface area contributed by atoms with E-state index in [1.54, 1.807) is 29.5 Å². The molecule has 0 saturated carbocycles. The average molecular weight is 371 g/mol. The zero-order valence-corrected chi connectivity index (χ0v) is 15.7. The fourth-order valence-corrected chi connectivity index (χ4v) is 3.80. The zero-order chi connectivity index (χ0) is 18.5. The van der Waals surface area contributed by atoms with Gasteiger partial charge in [-0.1, -0.05) is 30.3 Å². The molecule has 6 heteroatoms. The van der Waals surface area contributed by atoms with Crippen LogP contribution in [0.25, 0.3) is 10.2 Å². The molecule has 3 aromatic rings. The standard InChI is InChI=1S/C20H22FN3OS/c1-14(20-23-17-9-5-6-10-18(17)26-20)24(2)13-19(25)22-12-11-15-7-3-4-8-16(15)21/h3-10,14H,11-13H2,1-2H3,(H,22,25)/t14-/m1/s1. The first-order valence-electron chi connectivity index (χ1n) is 8.60. The molecule has 2 aromatic carbocycles. The minimum atomic E-state index is -0.233. The van der Waals surface area contributed by atoms with Crippen LogP contribution in [0.5, 0.6) is 0 Å². The van der Waals surface area contributed by atoms with Gasteiger partial charge in [0.1, 0.15) is 10.8 Å². The Labute approximate surface area is 156 Å². The van der Waals surface area contributed by atoms with Crippen LogP contribution in [0.3, 0.4) is 0 Å². The molecular formula is C20H22FN3OS. The van der Waals surface area contributed by atoms with Gasteiger partial charge in [-0.05, 0) is 44.2 Å². The van der Waals surface area contributed by atoms with Gasteiger partial charge in [0.15, 0.2) is 0 Å². The SMILES string of the molecule is C[C@H](c1nc2ccccc2s1)N(C)CC(=O)NCCc1ccccc1F. The Balaban J connectivity index is 1.51. The molecule has 4 nitrogen and oxygen atoms in total. The lowest BCUT2D eigenvalue weighted by molar-refractivity contribution is -0.122. The number of aromatic nitrogens is 1. The molecule has 1 N–H and O–H groups in total. The summed E-state index contributed by atoms with van der Waals surface area (Å²) in [5.74, 6) is -0.305. The summed E-state index contributed by atoms with van der Waals surface area (Å²) in [6, 6.07) is 14.7. The highest BCUT2D eigenvalue weighted by Gasteiger charge is 2.18. The van der Waals surface area contributed by atoms with Crippen molar-refractivity contribution in [1.82, 2.24) is 15.2 Å². The third kappa shape index (κ3) is 4.45. The molecule has 3 rings (SSSR count). The molecule has 1 atom stereocenters. The normalized spacial score (nSPS) is 12.5. The van der Waals surface area contributed by atoms with Crippen LogP contribution in [0.4, 0.5) is 4.39 Å². The van der Waals surface area contributed by atoms with Crippen LogP contribution >= 0.6 is 11.3 Å². The van der Waals surface area contributed by atoms with Crippen LogP contribution in [-0.2, 0) is 11.2 Å². The van der Waals surface area contributed by atoms with E-state index in [1.165, 1.54) is 6.07 Å². The summed E-state index contributed by atoms with van der Waals surface area (Å²) in [4.78, 5) is 18.8. The molecule has 1 aromatic heterocycles. The lowest BCUT2D eigenvalue weighted by Crippen LogP contribution is -2.37. The zero-order valence-electron chi connectivity index (χ0n) is 14.9. The Bertz CT molecular complexity index is 862. The number of hydrogen-bond donors (Lipinski definition) is 1. The van der Waals surface area contributed by atoms with Gasteiger partial charge in [-0.2, -0.15) is 0 Å². The fraction of sp³-hybridized carbons (Fsp3) is 0.300. The van der Waals surface area contributed by atoms with Crippen molar-refractivity contribution in [3.8, 4) is 0 Å². The average Bonchev–Trinajstić information content (AvgIpc) is 3.06. The van der Waals surface area contributed by atoms with Crippen LogP contribution in [-0.4, -0.2) is 35.9 Å². The smallest absolute Gasteiger partial charge is 0.234 e. The summed E-state index contributed by atoms with van der Waals surface area (Å²) in [7, 11) is 1.91. The largest absolute Gasteiger partial charge is 0.355 e. The van der Waals surface area contributed by atoms with Crippen LogP contribution < -0.4 is 5.32 Å². The topological polar surface area (TPSA) is 45.2 Å². The number of carbonyl (C=O) groups is 1. The summed E-state index contributed by atoms with van der Waals surface area (Å²) < 4.78 is 14.7. The molecule has 0 aliphatic carbocycles. The van der Waals surface area contributed by atoms with Crippen molar-refractivity contribution in [2.24, 2.45) is 0 Å². The highest BCUT2D eigenvalue weighted by atomic mass is 32.1. The first-order chi connectivity index (χ1) is 12.5. The molecule has 0 spiro atoms. The molecule has 0 aliphatic rings. The van der Waals surface area contributed by atoms with Gasteiger partial charge in [0.2, 0.25) is 5.91 Å². The number of halogens is 1. The molecule has 0 fully saturated rings. The molecule has 1 amide bonds. The van der Waals surface area contributed by atoms with E-state index >= 15 is 0 Å². The molecule has 0 saturated heterocycles. The van der Waals surface area contributed by atoms with Crippen LogP contribution in [0.15, 0.2) is 48.5 Å². The van der Waals surface area contributed by atoms with E-state index in [0.29, 0.717) is 18.5 Å². The van der Waals surface area contributed by atoms with Crippen molar-refractivity contribution in [3.05, 3.63) is 64.9 Å². The van der Waals surface area contributed by atoms with Crippen molar-refractivity contribution in [2.75, 3.05) is 20.1 Å². The Morgan fingerprint density at radius 3 is 2.73 bits per heavy atom. The third-order valence-corrected chi connectivity index (χ3v) is 5.60.